The zero-order valence-corrected chi connectivity index (χ0v) is 17.8. The van der Waals surface area contributed by atoms with Crippen molar-refractivity contribution < 1.29 is 9.53 Å². The summed E-state index contributed by atoms with van der Waals surface area (Å²) in [4.78, 5) is 13.1. The van der Waals surface area contributed by atoms with E-state index >= 15 is 0 Å². The summed E-state index contributed by atoms with van der Waals surface area (Å²) < 4.78 is 7.04. The molecule has 4 aromatic rings. The van der Waals surface area contributed by atoms with Gasteiger partial charge in [-0.1, -0.05) is 38.5 Å². The van der Waals surface area contributed by atoms with Crippen molar-refractivity contribution in [1.29, 1.82) is 0 Å². The predicted octanol–water partition coefficient (Wildman–Crippen LogP) is 4.62. The summed E-state index contributed by atoms with van der Waals surface area (Å²) in [6, 6.07) is 15.4. The number of nitrogens with one attached hydrogen (secondary N) is 2. The maximum absolute atomic E-state index is 13.1. The Bertz CT molecular complexity index is 1210. The van der Waals surface area contributed by atoms with Crippen molar-refractivity contribution in [3.05, 3.63) is 65.5 Å². The minimum absolute atomic E-state index is 0.165. The molecule has 0 aliphatic carbocycles. The lowest BCUT2D eigenvalue weighted by atomic mass is 9.92. The molecule has 7 heteroatoms. The molecule has 0 aliphatic heterocycles. The monoisotopic (exact) mass is 403 g/mol. The number of benzene rings is 2. The third-order valence-electron chi connectivity index (χ3n) is 4.98. The highest BCUT2D eigenvalue weighted by Gasteiger charge is 2.23. The van der Waals surface area contributed by atoms with E-state index in [0.717, 1.165) is 22.5 Å². The molecular formula is C23H25N5O2. The molecule has 0 saturated carbocycles. The van der Waals surface area contributed by atoms with Crippen molar-refractivity contribution in [3.63, 3.8) is 0 Å². The maximum Gasteiger partial charge on any atom is 0.277 e. The summed E-state index contributed by atoms with van der Waals surface area (Å²) in [6.45, 7) is 8.31. The van der Waals surface area contributed by atoms with Crippen molar-refractivity contribution in [1.82, 2.24) is 20.0 Å². The number of aromatic nitrogens is 4. The Kier molecular flexibility index (Phi) is 4.81. The van der Waals surface area contributed by atoms with Crippen LogP contribution in [0.3, 0.4) is 0 Å². The highest BCUT2D eigenvalue weighted by molar-refractivity contribution is 6.11. The third kappa shape index (κ3) is 3.66. The second kappa shape index (κ2) is 7.33. The number of rotatable bonds is 4. The molecule has 0 saturated heterocycles. The van der Waals surface area contributed by atoms with E-state index in [1.54, 1.807) is 17.9 Å². The second-order valence-corrected chi connectivity index (χ2v) is 8.35. The third-order valence-corrected chi connectivity index (χ3v) is 4.98. The lowest BCUT2D eigenvalue weighted by Crippen LogP contribution is -2.16. The minimum Gasteiger partial charge on any atom is -0.497 e. The van der Waals surface area contributed by atoms with Gasteiger partial charge in [-0.3, -0.25) is 9.89 Å². The number of nitrogens with zero attached hydrogens (tertiary/aromatic N) is 3. The van der Waals surface area contributed by atoms with E-state index in [2.05, 4.69) is 36.3 Å². The minimum atomic E-state index is -0.316. The van der Waals surface area contributed by atoms with Crippen LogP contribution in [0.25, 0.3) is 16.6 Å². The highest BCUT2D eigenvalue weighted by Crippen LogP contribution is 2.28. The van der Waals surface area contributed by atoms with Gasteiger partial charge in [0.1, 0.15) is 11.6 Å². The van der Waals surface area contributed by atoms with Gasteiger partial charge < -0.3 is 10.1 Å². The number of aromatic amines is 1. The number of aryl methyl sites for hydroxylation is 1. The fraction of sp³-hybridized carbons (Fsp3) is 0.261. The van der Waals surface area contributed by atoms with Gasteiger partial charge in [0, 0.05) is 16.9 Å². The molecule has 0 aliphatic rings. The first kappa shape index (κ1) is 19.7. The number of fused-ring (bicyclic) bond motifs is 1. The number of hydrogen-bond donors (Lipinski definition) is 2. The van der Waals surface area contributed by atoms with Gasteiger partial charge in [0.15, 0.2) is 5.69 Å². The van der Waals surface area contributed by atoms with Crippen molar-refractivity contribution in [3.8, 4) is 11.4 Å². The molecule has 0 bridgehead atoms. The number of H-pyrrole nitrogens is 1. The Hall–Kier alpha value is -3.61. The fourth-order valence-electron chi connectivity index (χ4n) is 3.19. The van der Waals surface area contributed by atoms with Crippen LogP contribution in [0.4, 0.5) is 5.82 Å². The molecule has 0 unspecified atom stereocenters. The van der Waals surface area contributed by atoms with Crippen LogP contribution in [-0.4, -0.2) is 33.0 Å². The van der Waals surface area contributed by atoms with Gasteiger partial charge in [0.25, 0.3) is 5.91 Å². The molecule has 7 nitrogen and oxygen atoms in total. The van der Waals surface area contributed by atoms with Crippen LogP contribution < -0.4 is 10.1 Å². The average Bonchev–Trinajstić information content (AvgIpc) is 3.32. The zero-order valence-electron chi connectivity index (χ0n) is 17.8. The number of amides is 1. The lowest BCUT2D eigenvalue weighted by molar-refractivity contribution is 0.102. The Morgan fingerprint density at radius 3 is 2.50 bits per heavy atom. The van der Waals surface area contributed by atoms with E-state index in [0.29, 0.717) is 22.6 Å². The quantitative estimate of drug-likeness (QED) is 0.521. The van der Waals surface area contributed by atoms with Crippen LogP contribution in [0.1, 0.15) is 42.5 Å². The number of anilines is 1. The standard InChI is InChI=1S/C23H25N5O2/c1-14-6-8-15(9-7-14)28-20(13-19(27-28)23(2,3)4)24-22(29)21-17-12-16(30-5)10-11-18(17)25-26-21/h6-13H,1-5H3,(H,24,29)(H,25,26). The van der Waals surface area contributed by atoms with Gasteiger partial charge >= 0.3 is 0 Å². The predicted molar refractivity (Wildman–Crippen MR) is 118 cm³/mol. The Labute approximate surface area is 175 Å². The van der Waals surface area contributed by atoms with Crippen molar-refractivity contribution in [2.75, 3.05) is 12.4 Å². The summed E-state index contributed by atoms with van der Waals surface area (Å²) >= 11 is 0. The van der Waals surface area contributed by atoms with Gasteiger partial charge in [0.2, 0.25) is 0 Å². The first-order valence-corrected chi connectivity index (χ1v) is 9.77. The highest BCUT2D eigenvalue weighted by atomic mass is 16.5. The van der Waals surface area contributed by atoms with Crippen LogP contribution in [0.2, 0.25) is 0 Å². The Morgan fingerprint density at radius 2 is 1.83 bits per heavy atom. The van der Waals surface area contributed by atoms with Crippen LogP contribution in [-0.2, 0) is 5.41 Å². The number of carbonyl (C=O) groups is 1. The molecule has 2 N–H and O–H groups in total. The molecule has 2 aromatic carbocycles. The van der Waals surface area contributed by atoms with E-state index in [-0.39, 0.29) is 11.3 Å². The Balaban J connectivity index is 1.74. The fourth-order valence-corrected chi connectivity index (χ4v) is 3.19. The molecule has 0 radical (unpaired) electrons. The molecule has 2 aromatic heterocycles. The van der Waals surface area contributed by atoms with Gasteiger partial charge in [0.05, 0.1) is 24.0 Å². The van der Waals surface area contributed by atoms with E-state index in [1.807, 2.05) is 49.4 Å². The summed E-state index contributed by atoms with van der Waals surface area (Å²) in [7, 11) is 1.59. The van der Waals surface area contributed by atoms with Gasteiger partial charge in [-0.25, -0.2) is 4.68 Å². The largest absolute Gasteiger partial charge is 0.497 e. The SMILES string of the molecule is COc1ccc2[nH]nc(C(=O)Nc3cc(C(C)(C)C)nn3-c3ccc(C)cc3)c2c1. The van der Waals surface area contributed by atoms with Gasteiger partial charge in [-0.2, -0.15) is 10.2 Å². The zero-order chi connectivity index (χ0) is 21.5. The number of methoxy groups -OCH3 is 1. The van der Waals surface area contributed by atoms with Crippen LogP contribution in [0, 0.1) is 6.92 Å². The topological polar surface area (TPSA) is 84.8 Å². The van der Waals surface area contributed by atoms with Crippen LogP contribution >= 0.6 is 0 Å². The Morgan fingerprint density at radius 1 is 1.10 bits per heavy atom. The van der Waals surface area contributed by atoms with E-state index in [4.69, 9.17) is 9.84 Å². The number of hydrogen-bond acceptors (Lipinski definition) is 4. The van der Waals surface area contributed by atoms with Crippen LogP contribution in [0.15, 0.2) is 48.5 Å². The molecule has 1 amide bonds. The molecule has 154 valence electrons. The molecule has 0 spiro atoms. The first-order chi connectivity index (χ1) is 14.3. The molecule has 0 atom stereocenters. The molecule has 4 rings (SSSR count). The molecular weight excluding hydrogens is 378 g/mol. The van der Waals surface area contributed by atoms with E-state index < -0.39 is 0 Å². The molecule has 0 fully saturated rings. The molecule has 30 heavy (non-hydrogen) atoms. The van der Waals surface area contributed by atoms with E-state index in [9.17, 15) is 4.79 Å². The maximum atomic E-state index is 13.1. The van der Waals surface area contributed by atoms with Gasteiger partial charge in [-0.15, -0.1) is 0 Å². The molecule has 2 heterocycles. The first-order valence-electron chi connectivity index (χ1n) is 9.77. The second-order valence-electron chi connectivity index (χ2n) is 8.35. The summed E-state index contributed by atoms with van der Waals surface area (Å²) in [5.41, 5.74) is 3.82. The summed E-state index contributed by atoms with van der Waals surface area (Å²) in [5, 5.41) is 15.6. The van der Waals surface area contributed by atoms with Crippen LogP contribution in [0.5, 0.6) is 5.75 Å². The summed E-state index contributed by atoms with van der Waals surface area (Å²) in [6.07, 6.45) is 0. The number of ether oxygens (including phenoxy) is 1. The van der Waals surface area contributed by atoms with Crippen molar-refractivity contribution in [2.24, 2.45) is 0 Å². The normalized spacial score (nSPS) is 11.6. The van der Waals surface area contributed by atoms with Crippen molar-refractivity contribution in [2.45, 2.75) is 33.1 Å². The smallest absolute Gasteiger partial charge is 0.277 e. The number of carbonyl (C=O) groups excluding carboxylic acids is 1. The van der Waals surface area contributed by atoms with Gasteiger partial charge in [-0.05, 0) is 37.3 Å². The lowest BCUT2D eigenvalue weighted by Gasteiger charge is -2.14. The van der Waals surface area contributed by atoms with Crippen molar-refractivity contribution >= 4 is 22.6 Å². The average molecular weight is 403 g/mol. The summed E-state index contributed by atoms with van der Waals surface area (Å²) in [5.74, 6) is 0.939. The van der Waals surface area contributed by atoms with E-state index in [1.165, 1.54) is 0 Å².